The molecule has 0 amide bonds. The van der Waals surface area contributed by atoms with Gasteiger partial charge in [0.25, 0.3) is 0 Å². The highest BCUT2D eigenvalue weighted by atomic mass is 32.2. The quantitative estimate of drug-likeness (QED) is 0.652. The predicted molar refractivity (Wildman–Crippen MR) is 84.1 cm³/mol. The average molecular weight is 316 g/mol. The summed E-state index contributed by atoms with van der Waals surface area (Å²) in [6.07, 6.45) is 2.52. The molecule has 6 heteroatoms. The van der Waals surface area contributed by atoms with Crippen LogP contribution < -0.4 is 10.0 Å². The van der Waals surface area contributed by atoms with Gasteiger partial charge in [-0.2, -0.15) is 0 Å². The second kappa shape index (κ2) is 9.12. The largest absolute Gasteiger partial charge is 0.317 e. The standard InChI is InChI=1S/C15H25FN2O2S/c1-3-9-17-10-4-5-11-21(19,20)18-13(2)14-7-6-8-15(16)12-14/h6-8,12-13,17-18H,3-5,9-11H2,1-2H3. The Bertz CT molecular complexity index is 520. The van der Waals surface area contributed by atoms with Crippen LogP contribution in [-0.4, -0.2) is 27.3 Å². The summed E-state index contributed by atoms with van der Waals surface area (Å²) < 4.78 is 39.6. The van der Waals surface area contributed by atoms with Crippen molar-refractivity contribution in [3.8, 4) is 0 Å². The Balaban J connectivity index is 2.38. The maximum atomic E-state index is 13.1. The van der Waals surface area contributed by atoms with Crippen molar-refractivity contribution in [1.29, 1.82) is 0 Å². The molecular weight excluding hydrogens is 291 g/mol. The number of rotatable bonds is 10. The number of sulfonamides is 1. The Kier molecular flexibility index (Phi) is 7.85. The number of hydrogen-bond acceptors (Lipinski definition) is 3. The molecule has 1 atom stereocenters. The molecule has 120 valence electrons. The fourth-order valence-electron chi connectivity index (χ4n) is 2.02. The zero-order chi connectivity index (χ0) is 15.7. The summed E-state index contributed by atoms with van der Waals surface area (Å²) in [5, 5.41) is 3.24. The van der Waals surface area contributed by atoms with Crippen LogP contribution in [-0.2, 0) is 10.0 Å². The molecule has 2 N–H and O–H groups in total. The van der Waals surface area contributed by atoms with Crippen LogP contribution in [0.3, 0.4) is 0 Å². The normalized spacial score (nSPS) is 13.3. The lowest BCUT2D eigenvalue weighted by atomic mass is 10.1. The van der Waals surface area contributed by atoms with Crippen molar-refractivity contribution in [1.82, 2.24) is 10.0 Å². The third kappa shape index (κ3) is 7.55. The van der Waals surface area contributed by atoms with E-state index in [-0.39, 0.29) is 11.6 Å². The van der Waals surface area contributed by atoms with E-state index in [1.54, 1.807) is 19.1 Å². The van der Waals surface area contributed by atoms with Crippen LogP contribution in [0.4, 0.5) is 4.39 Å². The van der Waals surface area contributed by atoms with Crippen molar-refractivity contribution < 1.29 is 12.8 Å². The summed E-state index contributed by atoms with van der Waals surface area (Å²) >= 11 is 0. The molecular formula is C15H25FN2O2S. The molecule has 0 bridgehead atoms. The fraction of sp³-hybridized carbons (Fsp3) is 0.600. The van der Waals surface area contributed by atoms with Crippen LogP contribution in [0, 0.1) is 5.82 Å². The molecule has 0 saturated heterocycles. The summed E-state index contributed by atoms with van der Waals surface area (Å²) in [5.41, 5.74) is 0.628. The molecule has 1 aromatic carbocycles. The van der Waals surface area contributed by atoms with Crippen molar-refractivity contribution in [3.05, 3.63) is 35.6 Å². The summed E-state index contributed by atoms with van der Waals surface area (Å²) in [4.78, 5) is 0. The smallest absolute Gasteiger partial charge is 0.212 e. The molecule has 1 rings (SSSR count). The highest BCUT2D eigenvalue weighted by Gasteiger charge is 2.15. The van der Waals surface area contributed by atoms with Crippen molar-refractivity contribution >= 4 is 10.0 Å². The van der Waals surface area contributed by atoms with Crippen LogP contribution in [0.15, 0.2) is 24.3 Å². The molecule has 4 nitrogen and oxygen atoms in total. The lowest BCUT2D eigenvalue weighted by molar-refractivity contribution is 0.558. The minimum atomic E-state index is -3.33. The van der Waals surface area contributed by atoms with Gasteiger partial charge in [0.05, 0.1) is 5.75 Å². The first-order valence-electron chi connectivity index (χ1n) is 7.41. The monoisotopic (exact) mass is 316 g/mol. The van der Waals surface area contributed by atoms with Crippen molar-refractivity contribution in [2.75, 3.05) is 18.8 Å². The van der Waals surface area contributed by atoms with Crippen LogP contribution in [0.1, 0.15) is 44.7 Å². The van der Waals surface area contributed by atoms with E-state index in [9.17, 15) is 12.8 Å². The number of hydrogen-bond donors (Lipinski definition) is 2. The number of unbranched alkanes of at least 4 members (excludes halogenated alkanes) is 1. The van der Waals surface area contributed by atoms with Gasteiger partial charge in [-0.05, 0) is 57.0 Å². The van der Waals surface area contributed by atoms with Gasteiger partial charge in [-0.3, -0.25) is 0 Å². The van der Waals surface area contributed by atoms with Gasteiger partial charge in [-0.1, -0.05) is 19.1 Å². The van der Waals surface area contributed by atoms with Gasteiger partial charge in [0.15, 0.2) is 0 Å². The Morgan fingerprint density at radius 1 is 1.24 bits per heavy atom. The van der Waals surface area contributed by atoms with E-state index in [2.05, 4.69) is 17.0 Å². The SMILES string of the molecule is CCCNCCCCS(=O)(=O)NC(C)c1cccc(F)c1. The Morgan fingerprint density at radius 3 is 2.67 bits per heavy atom. The molecule has 0 aliphatic carbocycles. The number of halogens is 1. The molecule has 0 saturated carbocycles. The molecule has 0 aliphatic rings. The van der Waals surface area contributed by atoms with Crippen molar-refractivity contribution in [3.63, 3.8) is 0 Å². The lowest BCUT2D eigenvalue weighted by Crippen LogP contribution is -2.29. The van der Waals surface area contributed by atoms with E-state index >= 15 is 0 Å². The molecule has 0 spiro atoms. The van der Waals surface area contributed by atoms with E-state index in [1.165, 1.54) is 12.1 Å². The van der Waals surface area contributed by atoms with E-state index < -0.39 is 16.1 Å². The summed E-state index contributed by atoms with van der Waals surface area (Å²) in [6.45, 7) is 5.61. The third-order valence-corrected chi connectivity index (χ3v) is 4.69. The third-order valence-electron chi connectivity index (χ3n) is 3.15. The van der Waals surface area contributed by atoms with Crippen LogP contribution in [0.2, 0.25) is 0 Å². The number of benzene rings is 1. The van der Waals surface area contributed by atoms with Crippen LogP contribution in [0.25, 0.3) is 0 Å². The number of nitrogens with one attached hydrogen (secondary N) is 2. The van der Waals surface area contributed by atoms with E-state index in [1.807, 2.05) is 0 Å². The topological polar surface area (TPSA) is 58.2 Å². The van der Waals surface area contributed by atoms with Crippen LogP contribution >= 0.6 is 0 Å². The van der Waals surface area contributed by atoms with Gasteiger partial charge in [0, 0.05) is 6.04 Å². The van der Waals surface area contributed by atoms with Crippen molar-refractivity contribution in [2.24, 2.45) is 0 Å². The first-order chi connectivity index (χ1) is 9.94. The van der Waals surface area contributed by atoms with E-state index in [0.29, 0.717) is 12.0 Å². The second-order valence-corrected chi connectivity index (χ2v) is 7.04. The molecule has 0 radical (unpaired) electrons. The maximum Gasteiger partial charge on any atom is 0.212 e. The van der Waals surface area contributed by atoms with E-state index in [4.69, 9.17) is 0 Å². The van der Waals surface area contributed by atoms with Gasteiger partial charge in [-0.15, -0.1) is 0 Å². The Morgan fingerprint density at radius 2 is 2.00 bits per heavy atom. The molecule has 0 aromatic heterocycles. The molecule has 1 aromatic rings. The first kappa shape index (κ1) is 18.1. The molecule has 0 fully saturated rings. The van der Waals surface area contributed by atoms with Gasteiger partial charge < -0.3 is 5.32 Å². The molecule has 0 aliphatic heterocycles. The first-order valence-corrected chi connectivity index (χ1v) is 9.06. The lowest BCUT2D eigenvalue weighted by Gasteiger charge is -2.14. The zero-order valence-electron chi connectivity index (χ0n) is 12.7. The average Bonchev–Trinajstić information content (AvgIpc) is 2.42. The summed E-state index contributed by atoms with van der Waals surface area (Å²) in [7, 11) is -3.33. The minimum Gasteiger partial charge on any atom is -0.317 e. The Labute approximate surface area is 127 Å². The predicted octanol–water partition coefficient (Wildman–Crippen LogP) is 2.59. The van der Waals surface area contributed by atoms with Crippen LogP contribution in [0.5, 0.6) is 0 Å². The highest BCUT2D eigenvalue weighted by Crippen LogP contribution is 2.14. The minimum absolute atomic E-state index is 0.0977. The molecule has 21 heavy (non-hydrogen) atoms. The van der Waals surface area contributed by atoms with Gasteiger partial charge in [-0.25, -0.2) is 17.5 Å². The summed E-state index contributed by atoms with van der Waals surface area (Å²) in [5.74, 6) is -0.263. The second-order valence-electron chi connectivity index (χ2n) is 5.17. The fourth-order valence-corrected chi connectivity index (χ4v) is 3.39. The Hall–Kier alpha value is -0.980. The van der Waals surface area contributed by atoms with Gasteiger partial charge in [0.1, 0.15) is 5.82 Å². The molecule has 1 unspecified atom stereocenters. The summed E-state index contributed by atoms with van der Waals surface area (Å²) in [6, 6.07) is 5.55. The highest BCUT2D eigenvalue weighted by molar-refractivity contribution is 7.89. The van der Waals surface area contributed by atoms with Gasteiger partial charge in [0.2, 0.25) is 10.0 Å². The molecule has 0 heterocycles. The van der Waals surface area contributed by atoms with Crippen molar-refractivity contribution in [2.45, 2.75) is 39.2 Å². The maximum absolute atomic E-state index is 13.1. The zero-order valence-corrected chi connectivity index (χ0v) is 13.5. The van der Waals surface area contributed by atoms with E-state index in [0.717, 1.165) is 25.9 Å². The van der Waals surface area contributed by atoms with Gasteiger partial charge >= 0.3 is 0 Å².